The number of halogens is 1. The SMILES string of the molecule is Cc1cc(Cl)nc2c1CCC21OC(C)[C@@H](C)O1. The Kier molecular flexibility index (Phi) is 2.47. The highest BCUT2D eigenvalue weighted by molar-refractivity contribution is 6.29. The molecule has 92 valence electrons. The van der Waals surface area contributed by atoms with Crippen LogP contribution in [0.4, 0.5) is 0 Å². The Balaban J connectivity index is 2.10. The number of hydrogen-bond donors (Lipinski definition) is 0. The molecule has 1 spiro atoms. The summed E-state index contributed by atoms with van der Waals surface area (Å²) >= 11 is 6.04. The third kappa shape index (κ3) is 1.60. The second kappa shape index (κ2) is 3.67. The lowest BCUT2D eigenvalue weighted by molar-refractivity contribution is -0.182. The van der Waals surface area contributed by atoms with E-state index in [2.05, 4.69) is 11.9 Å². The normalized spacial score (nSPS) is 35.5. The zero-order valence-corrected chi connectivity index (χ0v) is 11.0. The van der Waals surface area contributed by atoms with Crippen LogP contribution in [0.3, 0.4) is 0 Å². The highest BCUT2D eigenvalue weighted by Crippen LogP contribution is 2.47. The highest BCUT2D eigenvalue weighted by atomic mass is 35.5. The molecule has 0 N–H and O–H groups in total. The van der Waals surface area contributed by atoms with E-state index in [0.29, 0.717) is 5.15 Å². The van der Waals surface area contributed by atoms with Crippen molar-refractivity contribution < 1.29 is 9.47 Å². The molecule has 1 fully saturated rings. The Morgan fingerprint density at radius 2 is 2.00 bits per heavy atom. The van der Waals surface area contributed by atoms with Gasteiger partial charge in [-0.2, -0.15) is 0 Å². The lowest BCUT2D eigenvalue weighted by Gasteiger charge is -2.23. The average molecular weight is 254 g/mol. The van der Waals surface area contributed by atoms with Crippen molar-refractivity contribution in [1.29, 1.82) is 0 Å². The zero-order valence-electron chi connectivity index (χ0n) is 10.3. The number of ether oxygens (including phenoxy) is 2. The van der Waals surface area contributed by atoms with E-state index in [-0.39, 0.29) is 12.2 Å². The molecule has 1 saturated heterocycles. The molecule has 3 nitrogen and oxygen atoms in total. The number of aryl methyl sites for hydroxylation is 1. The molecular formula is C13H16ClNO2. The van der Waals surface area contributed by atoms with Crippen LogP contribution in [-0.4, -0.2) is 17.2 Å². The first kappa shape index (κ1) is 11.5. The van der Waals surface area contributed by atoms with Gasteiger partial charge in [-0.25, -0.2) is 4.98 Å². The molecule has 0 saturated carbocycles. The molecule has 1 aromatic rings. The molecule has 3 atom stereocenters. The van der Waals surface area contributed by atoms with Crippen LogP contribution in [0.1, 0.15) is 37.1 Å². The quantitative estimate of drug-likeness (QED) is 0.666. The molecular weight excluding hydrogens is 238 g/mol. The molecule has 2 aliphatic rings. The Hall–Kier alpha value is -0.640. The van der Waals surface area contributed by atoms with Crippen molar-refractivity contribution in [1.82, 2.24) is 4.98 Å². The maximum atomic E-state index is 6.04. The first-order valence-corrected chi connectivity index (χ1v) is 6.42. The second-order valence-electron chi connectivity index (χ2n) is 4.99. The maximum Gasteiger partial charge on any atom is 0.213 e. The van der Waals surface area contributed by atoms with Crippen LogP contribution in [-0.2, 0) is 21.7 Å². The van der Waals surface area contributed by atoms with E-state index in [4.69, 9.17) is 21.1 Å². The largest absolute Gasteiger partial charge is 0.339 e. The summed E-state index contributed by atoms with van der Waals surface area (Å²) in [5, 5.41) is 0.516. The van der Waals surface area contributed by atoms with E-state index in [0.717, 1.165) is 18.5 Å². The molecule has 0 amide bonds. The van der Waals surface area contributed by atoms with Crippen LogP contribution in [0.15, 0.2) is 6.07 Å². The summed E-state index contributed by atoms with van der Waals surface area (Å²) in [6.07, 6.45) is 1.99. The molecule has 4 heteroatoms. The molecule has 1 aliphatic heterocycles. The van der Waals surface area contributed by atoms with E-state index in [9.17, 15) is 0 Å². The number of pyridine rings is 1. The van der Waals surface area contributed by atoms with Gasteiger partial charge in [-0.3, -0.25) is 0 Å². The van der Waals surface area contributed by atoms with Crippen LogP contribution in [0.5, 0.6) is 0 Å². The molecule has 2 heterocycles. The summed E-state index contributed by atoms with van der Waals surface area (Å²) in [6, 6.07) is 1.90. The number of aromatic nitrogens is 1. The van der Waals surface area contributed by atoms with Gasteiger partial charge >= 0.3 is 0 Å². The lowest BCUT2D eigenvalue weighted by atomic mass is 10.1. The number of nitrogens with zero attached hydrogens (tertiary/aromatic N) is 1. The molecule has 17 heavy (non-hydrogen) atoms. The first-order chi connectivity index (χ1) is 8.02. The van der Waals surface area contributed by atoms with Crippen molar-refractivity contribution in [3.05, 3.63) is 28.0 Å². The molecule has 0 radical (unpaired) electrons. The van der Waals surface area contributed by atoms with Gasteiger partial charge in [0.15, 0.2) is 0 Å². The van der Waals surface area contributed by atoms with E-state index in [1.54, 1.807) is 0 Å². The minimum absolute atomic E-state index is 0.0991. The molecule has 0 aromatic carbocycles. The molecule has 3 rings (SSSR count). The minimum atomic E-state index is -0.649. The fourth-order valence-corrected chi connectivity index (χ4v) is 3.00. The maximum absolute atomic E-state index is 6.04. The summed E-state index contributed by atoms with van der Waals surface area (Å²) in [7, 11) is 0. The van der Waals surface area contributed by atoms with E-state index in [1.165, 1.54) is 11.1 Å². The Morgan fingerprint density at radius 1 is 1.35 bits per heavy atom. The summed E-state index contributed by atoms with van der Waals surface area (Å²) in [6.45, 7) is 6.14. The Morgan fingerprint density at radius 3 is 2.65 bits per heavy atom. The highest BCUT2D eigenvalue weighted by Gasteiger charge is 2.51. The minimum Gasteiger partial charge on any atom is -0.339 e. The van der Waals surface area contributed by atoms with E-state index in [1.807, 2.05) is 19.9 Å². The van der Waals surface area contributed by atoms with Crippen LogP contribution in [0.25, 0.3) is 0 Å². The fraction of sp³-hybridized carbons (Fsp3) is 0.615. The standard InChI is InChI=1S/C13H16ClNO2/c1-7-6-11(14)15-12-10(7)4-5-13(12)16-8(2)9(3)17-13/h6,8-9H,4-5H2,1-3H3/t8-,9?,13?/m1/s1. The van der Waals surface area contributed by atoms with Gasteiger partial charge in [-0.15, -0.1) is 0 Å². The van der Waals surface area contributed by atoms with Crippen molar-refractivity contribution >= 4 is 11.6 Å². The topological polar surface area (TPSA) is 31.4 Å². The van der Waals surface area contributed by atoms with Crippen molar-refractivity contribution in [2.75, 3.05) is 0 Å². The summed E-state index contributed by atoms with van der Waals surface area (Å²) in [4.78, 5) is 4.43. The van der Waals surface area contributed by atoms with Crippen molar-refractivity contribution in [2.24, 2.45) is 0 Å². The lowest BCUT2D eigenvalue weighted by Crippen LogP contribution is -2.26. The third-order valence-electron chi connectivity index (χ3n) is 3.79. The Bertz CT molecular complexity index is 465. The predicted molar refractivity (Wildman–Crippen MR) is 65.1 cm³/mol. The molecule has 0 bridgehead atoms. The average Bonchev–Trinajstić information content (AvgIpc) is 2.71. The van der Waals surface area contributed by atoms with Gasteiger partial charge in [-0.1, -0.05) is 11.6 Å². The monoisotopic (exact) mass is 253 g/mol. The van der Waals surface area contributed by atoms with Gasteiger partial charge in [-0.05, 0) is 44.4 Å². The number of hydrogen-bond acceptors (Lipinski definition) is 3. The van der Waals surface area contributed by atoms with Crippen molar-refractivity contribution in [2.45, 2.75) is 51.6 Å². The number of rotatable bonds is 0. The van der Waals surface area contributed by atoms with Gasteiger partial charge in [0.2, 0.25) is 5.79 Å². The van der Waals surface area contributed by atoms with E-state index < -0.39 is 5.79 Å². The van der Waals surface area contributed by atoms with Crippen LogP contribution in [0, 0.1) is 6.92 Å². The summed E-state index contributed by atoms with van der Waals surface area (Å²) in [5.41, 5.74) is 3.30. The third-order valence-corrected chi connectivity index (χ3v) is 3.99. The predicted octanol–water partition coefficient (Wildman–Crippen LogP) is 2.97. The van der Waals surface area contributed by atoms with Crippen LogP contribution in [0.2, 0.25) is 5.15 Å². The second-order valence-corrected chi connectivity index (χ2v) is 5.38. The van der Waals surface area contributed by atoms with Crippen LogP contribution < -0.4 is 0 Å². The van der Waals surface area contributed by atoms with E-state index >= 15 is 0 Å². The van der Waals surface area contributed by atoms with Gasteiger partial charge in [0, 0.05) is 6.42 Å². The zero-order chi connectivity index (χ0) is 12.2. The summed E-state index contributed by atoms with van der Waals surface area (Å²) < 4.78 is 12.0. The molecule has 1 aromatic heterocycles. The van der Waals surface area contributed by atoms with Gasteiger partial charge < -0.3 is 9.47 Å². The molecule has 2 unspecified atom stereocenters. The Labute approximate surface area is 106 Å². The van der Waals surface area contributed by atoms with Crippen LogP contribution >= 0.6 is 11.6 Å². The smallest absolute Gasteiger partial charge is 0.213 e. The van der Waals surface area contributed by atoms with Gasteiger partial charge in [0.25, 0.3) is 0 Å². The van der Waals surface area contributed by atoms with Crippen molar-refractivity contribution in [3.8, 4) is 0 Å². The number of fused-ring (bicyclic) bond motifs is 2. The fourth-order valence-electron chi connectivity index (χ4n) is 2.75. The van der Waals surface area contributed by atoms with Gasteiger partial charge in [0.1, 0.15) is 10.8 Å². The van der Waals surface area contributed by atoms with Gasteiger partial charge in [0.05, 0.1) is 12.2 Å². The summed E-state index contributed by atoms with van der Waals surface area (Å²) in [5.74, 6) is -0.649. The van der Waals surface area contributed by atoms with Crippen molar-refractivity contribution in [3.63, 3.8) is 0 Å². The molecule has 1 aliphatic carbocycles. The first-order valence-electron chi connectivity index (χ1n) is 6.04.